The minimum atomic E-state index is -2.63. The van der Waals surface area contributed by atoms with Crippen LogP contribution in [0.1, 0.15) is 37.9 Å². The van der Waals surface area contributed by atoms with Crippen molar-refractivity contribution in [2.45, 2.75) is 38.0 Å². The molecule has 3 rings (SSSR count). The molecule has 102 valence electrons. The Balaban J connectivity index is 2.06. The number of hydrogen-bond donors (Lipinski definition) is 0. The summed E-state index contributed by atoms with van der Waals surface area (Å²) >= 11 is 5.92. The summed E-state index contributed by atoms with van der Waals surface area (Å²) in [5.41, 5.74) is 0.417. The van der Waals surface area contributed by atoms with Gasteiger partial charge in [-0.05, 0) is 12.3 Å². The quantitative estimate of drug-likeness (QED) is 0.808. The lowest BCUT2D eigenvalue weighted by atomic mass is 9.78. The smallest absolute Gasteiger partial charge is 0.248 e. The van der Waals surface area contributed by atoms with Crippen LogP contribution in [0.15, 0.2) is 12.4 Å². The van der Waals surface area contributed by atoms with E-state index in [1.165, 1.54) is 6.20 Å². The van der Waals surface area contributed by atoms with Gasteiger partial charge in [0.05, 0.1) is 0 Å². The van der Waals surface area contributed by atoms with Crippen LogP contribution in [0, 0.1) is 5.92 Å². The highest BCUT2D eigenvalue weighted by atomic mass is 35.5. The summed E-state index contributed by atoms with van der Waals surface area (Å²) < 4.78 is 28.9. The molecule has 2 atom stereocenters. The summed E-state index contributed by atoms with van der Waals surface area (Å²) in [5, 5.41) is 8.23. The van der Waals surface area contributed by atoms with Gasteiger partial charge in [0.2, 0.25) is 5.92 Å². The molecule has 0 aliphatic heterocycles. The minimum absolute atomic E-state index is 0.0519. The van der Waals surface area contributed by atoms with Crippen molar-refractivity contribution >= 4 is 17.2 Å². The zero-order valence-corrected chi connectivity index (χ0v) is 11.1. The maximum atomic E-state index is 13.6. The van der Waals surface area contributed by atoms with Crippen LogP contribution < -0.4 is 0 Å². The van der Waals surface area contributed by atoms with Crippen LogP contribution in [0.25, 0.3) is 5.65 Å². The number of hydrogen-bond acceptors (Lipinski definition) is 3. The Morgan fingerprint density at radius 1 is 1.42 bits per heavy atom. The molecule has 0 bridgehead atoms. The molecule has 2 aromatic rings. The molecule has 1 aliphatic carbocycles. The lowest BCUT2D eigenvalue weighted by Crippen LogP contribution is -2.31. The van der Waals surface area contributed by atoms with Gasteiger partial charge < -0.3 is 0 Å². The number of halogens is 3. The Hall–Kier alpha value is -1.30. The van der Waals surface area contributed by atoms with Crippen molar-refractivity contribution in [3.8, 4) is 0 Å². The average Bonchev–Trinajstić information content (AvgIpc) is 2.78. The van der Waals surface area contributed by atoms with Gasteiger partial charge in [-0.25, -0.2) is 13.8 Å². The third-order valence-electron chi connectivity index (χ3n) is 3.81. The first-order valence-electron chi connectivity index (χ1n) is 6.21. The summed E-state index contributed by atoms with van der Waals surface area (Å²) in [5.74, 6) is -2.23. The van der Waals surface area contributed by atoms with E-state index in [-0.39, 0.29) is 29.8 Å². The summed E-state index contributed by atoms with van der Waals surface area (Å²) in [6.45, 7) is 1.98. The van der Waals surface area contributed by atoms with Gasteiger partial charge in [0, 0.05) is 31.2 Å². The average molecular weight is 287 g/mol. The first kappa shape index (κ1) is 12.7. The Morgan fingerprint density at radius 3 is 3.00 bits per heavy atom. The molecule has 0 radical (unpaired) electrons. The van der Waals surface area contributed by atoms with Crippen molar-refractivity contribution in [3.05, 3.63) is 23.4 Å². The molecule has 2 heterocycles. The summed E-state index contributed by atoms with van der Waals surface area (Å²) in [6, 6.07) is 0. The number of alkyl halides is 2. The van der Waals surface area contributed by atoms with E-state index < -0.39 is 5.92 Å². The fourth-order valence-corrected chi connectivity index (χ4v) is 2.86. The van der Waals surface area contributed by atoms with Crippen LogP contribution in [0.2, 0.25) is 5.15 Å². The second-order valence-corrected chi connectivity index (χ2v) is 5.51. The first-order chi connectivity index (χ1) is 8.98. The fourth-order valence-electron chi connectivity index (χ4n) is 2.68. The summed E-state index contributed by atoms with van der Waals surface area (Å²) in [7, 11) is 0. The van der Waals surface area contributed by atoms with Gasteiger partial charge in [-0.15, -0.1) is 10.2 Å². The van der Waals surface area contributed by atoms with Crippen LogP contribution in [-0.4, -0.2) is 25.5 Å². The Kier molecular flexibility index (Phi) is 2.92. The largest absolute Gasteiger partial charge is 0.282 e. The van der Waals surface area contributed by atoms with Gasteiger partial charge in [-0.2, -0.15) is 0 Å². The van der Waals surface area contributed by atoms with E-state index in [1.54, 1.807) is 10.6 Å². The van der Waals surface area contributed by atoms with E-state index in [2.05, 4.69) is 15.2 Å². The van der Waals surface area contributed by atoms with Crippen molar-refractivity contribution < 1.29 is 8.78 Å². The molecule has 7 heteroatoms. The van der Waals surface area contributed by atoms with Crippen molar-refractivity contribution in [3.63, 3.8) is 0 Å². The van der Waals surface area contributed by atoms with Crippen molar-refractivity contribution in [1.82, 2.24) is 19.6 Å². The molecule has 1 fully saturated rings. The molecule has 4 nitrogen and oxygen atoms in total. The number of fused-ring (bicyclic) bond motifs is 1. The lowest BCUT2D eigenvalue weighted by Gasteiger charge is -2.32. The molecule has 1 aliphatic rings. The number of rotatable bonds is 1. The third kappa shape index (κ3) is 2.18. The number of nitrogens with zero attached hydrogens (tertiary/aromatic N) is 4. The van der Waals surface area contributed by atoms with E-state index in [4.69, 9.17) is 11.6 Å². The van der Waals surface area contributed by atoms with Crippen molar-refractivity contribution in [2.24, 2.45) is 5.92 Å². The highest BCUT2D eigenvalue weighted by Gasteiger charge is 2.42. The molecular weight excluding hydrogens is 274 g/mol. The maximum absolute atomic E-state index is 13.6. The van der Waals surface area contributed by atoms with Crippen molar-refractivity contribution in [2.75, 3.05) is 0 Å². The number of aromatic nitrogens is 4. The van der Waals surface area contributed by atoms with Crippen LogP contribution >= 0.6 is 11.6 Å². The first-order valence-corrected chi connectivity index (χ1v) is 6.59. The lowest BCUT2D eigenvalue weighted by molar-refractivity contribution is -0.0537. The van der Waals surface area contributed by atoms with E-state index in [9.17, 15) is 8.78 Å². The van der Waals surface area contributed by atoms with Crippen LogP contribution in [-0.2, 0) is 0 Å². The zero-order chi connectivity index (χ0) is 13.6. The van der Waals surface area contributed by atoms with Gasteiger partial charge in [0.15, 0.2) is 10.8 Å². The highest BCUT2D eigenvalue weighted by molar-refractivity contribution is 6.32. The molecule has 19 heavy (non-hydrogen) atoms. The monoisotopic (exact) mass is 286 g/mol. The molecule has 2 aromatic heterocycles. The van der Waals surface area contributed by atoms with Crippen LogP contribution in [0.3, 0.4) is 0 Å². The van der Waals surface area contributed by atoms with E-state index in [1.807, 2.05) is 6.92 Å². The third-order valence-corrected chi connectivity index (χ3v) is 4.08. The van der Waals surface area contributed by atoms with E-state index >= 15 is 0 Å². The normalized spacial score (nSPS) is 26.7. The van der Waals surface area contributed by atoms with Crippen molar-refractivity contribution in [1.29, 1.82) is 0 Å². The van der Waals surface area contributed by atoms with Crippen LogP contribution in [0.5, 0.6) is 0 Å². The Labute approximate surface area is 113 Å². The van der Waals surface area contributed by atoms with Gasteiger partial charge >= 0.3 is 0 Å². The van der Waals surface area contributed by atoms with Gasteiger partial charge in [-0.1, -0.05) is 18.5 Å². The molecule has 1 saturated carbocycles. The molecule has 0 N–H and O–H groups in total. The second kappa shape index (κ2) is 4.37. The predicted octanol–water partition coefficient (Wildman–Crippen LogP) is 3.32. The molecule has 0 aromatic carbocycles. The topological polar surface area (TPSA) is 43.1 Å². The minimum Gasteiger partial charge on any atom is -0.282 e. The molecule has 0 spiro atoms. The van der Waals surface area contributed by atoms with Crippen LogP contribution in [0.4, 0.5) is 8.78 Å². The van der Waals surface area contributed by atoms with E-state index in [0.717, 1.165) is 0 Å². The van der Waals surface area contributed by atoms with E-state index in [0.29, 0.717) is 17.9 Å². The Morgan fingerprint density at radius 2 is 2.21 bits per heavy atom. The predicted molar refractivity (Wildman–Crippen MR) is 66.5 cm³/mol. The Bertz CT molecular complexity index is 613. The zero-order valence-electron chi connectivity index (χ0n) is 10.4. The standard InChI is InChI=1S/C12H13ClF2N4/c1-7-2-3-12(14,15)6-8(7)10-17-18-11-9(13)16-4-5-19(10)11/h4-5,7-8H,2-3,6H2,1H3. The van der Waals surface area contributed by atoms with Gasteiger partial charge in [0.25, 0.3) is 0 Å². The summed E-state index contributed by atoms with van der Waals surface area (Å²) in [4.78, 5) is 3.91. The summed E-state index contributed by atoms with van der Waals surface area (Å²) in [6.07, 6.45) is 3.44. The molecule has 0 amide bonds. The van der Waals surface area contributed by atoms with Gasteiger partial charge in [0.1, 0.15) is 5.82 Å². The molecule has 0 saturated heterocycles. The van der Waals surface area contributed by atoms with Gasteiger partial charge in [-0.3, -0.25) is 4.40 Å². The SMILES string of the molecule is CC1CCC(F)(F)CC1c1nnc2c(Cl)nccn12. The second-order valence-electron chi connectivity index (χ2n) is 5.15. The fraction of sp³-hybridized carbons (Fsp3) is 0.583. The maximum Gasteiger partial charge on any atom is 0.248 e. The highest BCUT2D eigenvalue weighted by Crippen LogP contribution is 2.44. The molecule has 2 unspecified atom stereocenters. The molecular formula is C12H13ClF2N4.